The average Bonchev–Trinajstić information content (AvgIpc) is 2.39. The van der Waals surface area contributed by atoms with Crippen LogP contribution in [0.3, 0.4) is 0 Å². The molecule has 0 aromatic heterocycles. The summed E-state index contributed by atoms with van der Waals surface area (Å²) in [5.41, 5.74) is 7.38. The molecule has 0 aliphatic heterocycles. The summed E-state index contributed by atoms with van der Waals surface area (Å²) in [5, 5.41) is 4.14. The first kappa shape index (κ1) is 14.6. The lowest BCUT2D eigenvalue weighted by Gasteiger charge is -2.26. The molecule has 0 bridgehead atoms. The second-order valence-corrected chi connectivity index (χ2v) is 6.41. The maximum Gasteiger partial charge on any atom is 0.104 e. The van der Waals surface area contributed by atoms with Gasteiger partial charge in [-0.15, -0.1) is 0 Å². The molecule has 2 rings (SSSR count). The summed E-state index contributed by atoms with van der Waals surface area (Å²) < 4.78 is 0. The zero-order valence-corrected chi connectivity index (χ0v) is 12.9. The first-order chi connectivity index (χ1) is 9.06. The van der Waals surface area contributed by atoms with Gasteiger partial charge in [-0.3, -0.25) is 0 Å². The first-order valence-electron chi connectivity index (χ1n) is 6.89. The molecule has 1 aromatic rings. The fourth-order valence-corrected chi connectivity index (χ4v) is 2.97. The predicted octanol–water partition coefficient (Wildman–Crippen LogP) is 4.21. The lowest BCUT2D eigenvalue weighted by Crippen LogP contribution is -2.20. The Kier molecular flexibility index (Phi) is 5.06. The zero-order chi connectivity index (χ0) is 13.8. The Morgan fingerprint density at radius 2 is 2.05 bits per heavy atom. The molecule has 1 aliphatic rings. The molecule has 3 N–H and O–H groups in total. The van der Waals surface area contributed by atoms with Crippen molar-refractivity contribution >= 4 is 34.5 Å². The van der Waals surface area contributed by atoms with E-state index in [0.29, 0.717) is 10.0 Å². The Balaban J connectivity index is 1.91. The van der Waals surface area contributed by atoms with E-state index in [-0.39, 0.29) is 0 Å². The highest BCUT2D eigenvalue weighted by Crippen LogP contribution is 2.29. The van der Waals surface area contributed by atoms with E-state index in [1.807, 2.05) is 18.2 Å². The Bertz CT molecular complexity index is 453. The molecule has 1 aliphatic carbocycles. The van der Waals surface area contributed by atoms with Crippen LogP contribution in [-0.2, 0) is 0 Å². The lowest BCUT2D eigenvalue weighted by molar-refractivity contribution is 0.300. The van der Waals surface area contributed by atoms with Crippen molar-refractivity contribution in [3.05, 3.63) is 28.8 Å². The van der Waals surface area contributed by atoms with Crippen molar-refractivity contribution in [1.82, 2.24) is 0 Å². The van der Waals surface area contributed by atoms with Gasteiger partial charge in [-0.25, -0.2) is 0 Å². The third-order valence-electron chi connectivity index (χ3n) is 3.97. The van der Waals surface area contributed by atoms with Gasteiger partial charge in [0.2, 0.25) is 0 Å². The quantitative estimate of drug-likeness (QED) is 0.817. The second-order valence-electron chi connectivity index (χ2n) is 5.57. The number of nitrogens with one attached hydrogen (secondary N) is 1. The molecule has 19 heavy (non-hydrogen) atoms. The Hall–Kier alpha value is -0.800. The largest absolute Gasteiger partial charge is 0.389 e. The number of thiocarbonyl (C=S) groups is 1. The molecule has 1 aromatic carbocycles. The summed E-state index contributed by atoms with van der Waals surface area (Å²) in [6.07, 6.45) is 5.33. The third-order valence-corrected chi connectivity index (χ3v) is 4.52. The van der Waals surface area contributed by atoms with E-state index in [1.165, 1.54) is 25.7 Å². The molecular formula is C15H21ClN2S. The Morgan fingerprint density at radius 3 is 2.63 bits per heavy atom. The molecule has 0 saturated heterocycles. The number of hydrogen-bond donors (Lipinski definition) is 2. The molecule has 0 unspecified atom stereocenters. The number of hydrogen-bond acceptors (Lipinski definition) is 2. The molecule has 0 radical (unpaired) electrons. The maximum atomic E-state index is 6.24. The van der Waals surface area contributed by atoms with Gasteiger partial charge in [0.25, 0.3) is 0 Å². The van der Waals surface area contributed by atoms with E-state index in [0.717, 1.165) is 29.6 Å². The Morgan fingerprint density at radius 1 is 1.37 bits per heavy atom. The summed E-state index contributed by atoms with van der Waals surface area (Å²) >= 11 is 11.2. The van der Waals surface area contributed by atoms with Crippen LogP contribution >= 0.6 is 23.8 Å². The van der Waals surface area contributed by atoms with Gasteiger partial charge >= 0.3 is 0 Å². The van der Waals surface area contributed by atoms with E-state index >= 15 is 0 Å². The smallest absolute Gasteiger partial charge is 0.104 e. The number of nitrogens with two attached hydrogens (primary N) is 1. The van der Waals surface area contributed by atoms with E-state index in [9.17, 15) is 0 Å². The average molecular weight is 297 g/mol. The summed E-state index contributed by atoms with van der Waals surface area (Å²) in [5.74, 6) is 1.66. The molecule has 1 fully saturated rings. The van der Waals surface area contributed by atoms with Crippen molar-refractivity contribution < 1.29 is 0 Å². The van der Waals surface area contributed by atoms with Crippen molar-refractivity contribution in [3.8, 4) is 0 Å². The van der Waals surface area contributed by atoms with Gasteiger partial charge < -0.3 is 11.1 Å². The zero-order valence-electron chi connectivity index (χ0n) is 11.3. The van der Waals surface area contributed by atoms with E-state index in [1.54, 1.807) is 0 Å². The Labute approximate surface area is 125 Å². The van der Waals surface area contributed by atoms with Crippen LogP contribution in [0.5, 0.6) is 0 Å². The lowest BCUT2D eigenvalue weighted by atomic mass is 9.83. The third kappa shape index (κ3) is 4.08. The minimum atomic E-state index is 0.384. The van der Waals surface area contributed by atoms with Crippen LogP contribution in [0.4, 0.5) is 5.69 Å². The number of anilines is 1. The van der Waals surface area contributed by atoms with E-state index < -0.39 is 0 Å². The normalized spacial score (nSPS) is 23.1. The summed E-state index contributed by atoms with van der Waals surface area (Å²) in [7, 11) is 0. The molecule has 1 saturated carbocycles. The van der Waals surface area contributed by atoms with Gasteiger partial charge in [0.1, 0.15) is 4.99 Å². The van der Waals surface area contributed by atoms with Crippen LogP contribution in [0.2, 0.25) is 5.02 Å². The van der Waals surface area contributed by atoms with E-state index in [2.05, 4.69) is 12.2 Å². The van der Waals surface area contributed by atoms with Crippen molar-refractivity contribution in [3.63, 3.8) is 0 Å². The van der Waals surface area contributed by atoms with Gasteiger partial charge in [0.15, 0.2) is 0 Å². The van der Waals surface area contributed by atoms with Crippen molar-refractivity contribution in [2.45, 2.75) is 32.6 Å². The standard InChI is InChI=1S/C15H21ClN2S/c1-10-2-4-11(5-3-10)9-18-14-7-6-12(15(17)19)8-13(14)16/h6-8,10-11,18H,2-5,9H2,1H3,(H2,17,19). The predicted molar refractivity (Wildman–Crippen MR) is 87.0 cm³/mol. The van der Waals surface area contributed by atoms with Crippen LogP contribution < -0.4 is 11.1 Å². The van der Waals surface area contributed by atoms with Gasteiger partial charge in [-0.2, -0.15) is 0 Å². The van der Waals surface area contributed by atoms with Gasteiger partial charge in [0, 0.05) is 12.1 Å². The summed E-state index contributed by atoms with van der Waals surface area (Å²) in [6.45, 7) is 3.34. The van der Waals surface area contributed by atoms with Crippen LogP contribution in [0.1, 0.15) is 38.2 Å². The molecule has 0 spiro atoms. The van der Waals surface area contributed by atoms with Crippen LogP contribution in [0, 0.1) is 11.8 Å². The number of rotatable bonds is 4. The van der Waals surface area contributed by atoms with E-state index in [4.69, 9.17) is 29.6 Å². The number of halogens is 1. The van der Waals surface area contributed by atoms with Crippen LogP contribution in [0.25, 0.3) is 0 Å². The molecule has 2 nitrogen and oxygen atoms in total. The van der Waals surface area contributed by atoms with Crippen molar-refractivity contribution in [1.29, 1.82) is 0 Å². The number of benzene rings is 1. The highest BCUT2D eigenvalue weighted by Gasteiger charge is 2.18. The van der Waals surface area contributed by atoms with Crippen molar-refractivity contribution in [2.75, 3.05) is 11.9 Å². The highest BCUT2D eigenvalue weighted by atomic mass is 35.5. The summed E-state index contributed by atoms with van der Waals surface area (Å²) in [4.78, 5) is 0.384. The minimum absolute atomic E-state index is 0.384. The topological polar surface area (TPSA) is 38.0 Å². The first-order valence-corrected chi connectivity index (χ1v) is 7.68. The maximum absolute atomic E-state index is 6.24. The van der Waals surface area contributed by atoms with Crippen LogP contribution in [-0.4, -0.2) is 11.5 Å². The summed E-state index contributed by atoms with van der Waals surface area (Å²) in [6, 6.07) is 5.71. The molecule has 0 amide bonds. The second kappa shape index (κ2) is 6.58. The highest BCUT2D eigenvalue weighted by molar-refractivity contribution is 7.80. The van der Waals surface area contributed by atoms with Gasteiger partial charge in [0.05, 0.1) is 10.7 Å². The SMILES string of the molecule is CC1CCC(CNc2ccc(C(N)=S)cc2Cl)CC1. The molecule has 0 atom stereocenters. The molecular weight excluding hydrogens is 276 g/mol. The fraction of sp³-hybridized carbons (Fsp3) is 0.533. The molecule has 4 heteroatoms. The van der Waals surface area contributed by atoms with Crippen LogP contribution in [0.15, 0.2) is 18.2 Å². The minimum Gasteiger partial charge on any atom is -0.389 e. The van der Waals surface area contributed by atoms with Gasteiger partial charge in [-0.1, -0.05) is 43.6 Å². The van der Waals surface area contributed by atoms with Crippen molar-refractivity contribution in [2.24, 2.45) is 17.6 Å². The van der Waals surface area contributed by atoms with Gasteiger partial charge in [-0.05, 0) is 42.9 Å². The monoisotopic (exact) mass is 296 g/mol. The molecule has 104 valence electrons. The molecule has 0 heterocycles. The fourth-order valence-electron chi connectivity index (χ4n) is 2.60.